The van der Waals surface area contributed by atoms with Crippen LogP contribution in [-0.4, -0.2) is 31.3 Å². The third kappa shape index (κ3) is 4.86. The molecule has 0 aromatic heterocycles. The molecule has 0 fully saturated rings. The summed E-state index contributed by atoms with van der Waals surface area (Å²) in [5.74, 6) is 1.73. The van der Waals surface area contributed by atoms with Gasteiger partial charge in [-0.15, -0.1) is 0 Å². The van der Waals surface area contributed by atoms with Crippen LogP contribution in [0.5, 0.6) is 11.5 Å². The lowest BCUT2D eigenvalue weighted by Gasteiger charge is -2.22. The number of methoxy groups -OCH3 is 2. The quantitative estimate of drug-likeness (QED) is 0.811. The molecular weight excluding hydrogens is 320 g/mol. The molecule has 2 aromatic rings. The van der Waals surface area contributed by atoms with E-state index in [0.717, 1.165) is 22.6 Å². The molecule has 0 radical (unpaired) electrons. The Bertz CT molecular complexity index is 686. The van der Waals surface area contributed by atoms with Gasteiger partial charge >= 0.3 is 0 Å². The highest BCUT2D eigenvalue weighted by Gasteiger charge is 2.09. The van der Waals surface area contributed by atoms with E-state index in [1.54, 1.807) is 14.2 Å². The van der Waals surface area contributed by atoms with Gasteiger partial charge in [-0.25, -0.2) is 0 Å². The van der Waals surface area contributed by atoms with Crippen LogP contribution in [0, 0.1) is 6.92 Å². The van der Waals surface area contributed by atoms with Gasteiger partial charge in [0.15, 0.2) is 5.11 Å². The predicted octanol–water partition coefficient (Wildman–Crippen LogP) is 3.52. The van der Waals surface area contributed by atoms with E-state index >= 15 is 0 Å². The molecule has 0 aliphatic rings. The lowest BCUT2D eigenvalue weighted by Crippen LogP contribution is -2.36. The molecule has 0 amide bonds. The molecule has 0 saturated carbocycles. The first kappa shape index (κ1) is 18.1. The van der Waals surface area contributed by atoms with Crippen LogP contribution < -0.4 is 14.8 Å². The first-order valence-corrected chi connectivity index (χ1v) is 8.19. The zero-order valence-electron chi connectivity index (χ0n) is 14.6. The van der Waals surface area contributed by atoms with Crippen molar-refractivity contribution in [2.24, 2.45) is 0 Å². The lowest BCUT2D eigenvalue weighted by molar-refractivity contribution is 0.397. The van der Waals surface area contributed by atoms with Gasteiger partial charge < -0.3 is 19.7 Å². The van der Waals surface area contributed by atoms with Crippen molar-refractivity contribution in [3.63, 3.8) is 0 Å². The van der Waals surface area contributed by atoms with Crippen molar-refractivity contribution in [3.05, 3.63) is 59.2 Å². The molecule has 0 unspecified atom stereocenters. The SMILES string of the molecule is COc1ccc(CNC(=S)N(C)Cc2cc(C)ccc2OC)cc1. The smallest absolute Gasteiger partial charge is 0.169 e. The van der Waals surface area contributed by atoms with Crippen molar-refractivity contribution >= 4 is 17.3 Å². The summed E-state index contributed by atoms with van der Waals surface area (Å²) in [6.07, 6.45) is 0. The van der Waals surface area contributed by atoms with E-state index in [4.69, 9.17) is 21.7 Å². The zero-order chi connectivity index (χ0) is 17.5. The maximum Gasteiger partial charge on any atom is 0.169 e. The van der Waals surface area contributed by atoms with Crippen LogP contribution in [-0.2, 0) is 13.1 Å². The first-order valence-electron chi connectivity index (χ1n) is 7.79. The minimum Gasteiger partial charge on any atom is -0.497 e. The van der Waals surface area contributed by atoms with Gasteiger partial charge in [-0.3, -0.25) is 0 Å². The molecular formula is C19H24N2O2S. The van der Waals surface area contributed by atoms with E-state index in [9.17, 15) is 0 Å². The number of nitrogens with one attached hydrogen (secondary N) is 1. The third-order valence-electron chi connectivity index (χ3n) is 3.79. The Morgan fingerprint density at radius 1 is 1.08 bits per heavy atom. The molecule has 0 saturated heterocycles. The van der Waals surface area contributed by atoms with Gasteiger partial charge in [0.25, 0.3) is 0 Å². The highest BCUT2D eigenvalue weighted by molar-refractivity contribution is 7.80. The van der Waals surface area contributed by atoms with Crippen LogP contribution in [0.2, 0.25) is 0 Å². The molecule has 2 rings (SSSR count). The number of ether oxygens (including phenoxy) is 2. The van der Waals surface area contributed by atoms with E-state index in [-0.39, 0.29) is 0 Å². The summed E-state index contributed by atoms with van der Waals surface area (Å²) in [5.41, 5.74) is 3.48. The van der Waals surface area contributed by atoms with Gasteiger partial charge in [0, 0.05) is 25.7 Å². The summed E-state index contributed by atoms with van der Waals surface area (Å²) < 4.78 is 10.6. The second kappa shape index (κ2) is 8.55. The van der Waals surface area contributed by atoms with Crippen molar-refractivity contribution in [1.29, 1.82) is 0 Å². The van der Waals surface area contributed by atoms with Crippen LogP contribution in [0.15, 0.2) is 42.5 Å². The molecule has 4 nitrogen and oxygen atoms in total. The van der Waals surface area contributed by atoms with E-state index in [2.05, 4.69) is 18.3 Å². The van der Waals surface area contributed by atoms with Crippen LogP contribution in [0.3, 0.4) is 0 Å². The Balaban J connectivity index is 1.93. The molecule has 0 aliphatic heterocycles. The van der Waals surface area contributed by atoms with Gasteiger partial charge in [-0.2, -0.15) is 0 Å². The molecule has 1 N–H and O–H groups in total. The average Bonchev–Trinajstić information content (AvgIpc) is 2.60. The largest absolute Gasteiger partial charge is 0.497 e. The molecule has 2 aromatic carbocycles. The topological polar surface area (TPSA) is 33.7 Å². The van der Waals surface area contributed by atoms with Crippen LogP contribution >= 0.6 is 12.2 Å². The standard InChI is InChI=1S/C19H24N2O2S/c1-14-5-10-18(23-4)16(11-14)13-21(2)19(24)20-12-15-6-8-17(22-3)9-7-15/h5-11H,12-13H2,1-4H3,(H,20,24). The van der Waals surface area contributed by atoms with Crippen LogP contribution in [0.4, 0.5) is 0 Å². The molecule has 5 heteroatoms. The number of thiocarbonyl (C=S) groups is 1. The monoisotopic (exact) mass is 344 g/mol. The minimum atomic E-state index is 0.679. The summed E-state index contributed by atoms with van der Waals surface area (Å²) in [7, 11) is 5.33. The normalized spacial score (nSPS) is 10.2. The van der Waals surface area contributed by atoms with E-state index < -0.39 is 0 Å². The van der Waals surface area contributed by atoms with Crippen LogP contribution in [0.1, 0.15) is 16.7 Å². The predicted molar refractivity (Wildman–Crippen MR) is 102 cm³/mol. The number of hydrogen-bond acceptors (Lipinski definition) is 3. The van der Waals surface area contributed by atoms with Gasteiger partial charge in [-0.05, 0) is 42.9 Å². The first-order chi connectivity index (χ1) is 11.5. The fraction of sp³-hybridized carbons (Fsp3) is 0.316. The molecule has 0 spiro atoms. The van der Waals surface area contributed by atoms with E-state index in [0.29, 0.717) is 18.2 Å². The second-order valence-corrected chi connectivity index (χ2v) is 6.06. The Morgan fingerprint density at radius 3 is 2.42 bits per heavy atom. The molecule has 0 bridgehead atoms. The molecule has 0 aliphatic carbocycles. The maximum absolute atomic E-state index is 5.49. The summed E-state index contributed by atoms with van der Waals surface area (Å²) in [6, 6.07) is 14.1. The van der Waals surface area contributed by atoms with Gasteiger partial charge in [0.2, 0.25) is 0 Å². The van der Waals surface area contributed by atoms with Gasteiger partial charge in [-0.1, -0.05) is 29.8 Å². The average molecular weight is 344 g/mol. The highest BCUT2D eigenvalue weighted by Crippen LogP contribution is 2.21. The Hall–Kier alpha value is -2.27. The van der Waals surface area contributed by atoms with Gasteiger partial charge in [0.1, 0.15) is 11.5 Å². The third-order valence-corrected chi connectivity index (χ3v) is 4.25. The number of hydrogen-bond donors (Lipinski definition) is 1. The maximum atomic E-state index is 5.49. The number of nitrogens with zero attached hydrogens (tertiary/aromatic N) is 1. The highest BCUT2D eigenvalue weighted by atomic mass is 32.1. The summed E-state index contributed by atoms with van der Waals surface area (Å²) >= 11 is 5.49. The summed E-state index contributed by atoms with van der Waals surface area (Å²) in [6.45, 7) is 3.45. The lowest BCUT2D eigenvalue weighted by atomic mass is 10.1. The Labute approximate surface area is 149 Å². The Morgan fingerprint density at radius 2 is 1.79 bits per heavy atom. The second-order valence-electron chi connectivity index (χ2n) is 5.68. The van der Waals surface area contributed by atoms with Crippen molar-refractivity contribution in [1.82, 2.24) is 10.2 Å². The molecule has 0 atom stereocenters. The summed E-state index contributed by atoms with van der Waals surface area (Å²) in [5, 5.41) is 3.99. The number of rotatable bonds is 6. The Kier molecular flexibility index (Phi) is 6.44. The molecule has 128 valence electrons. The molecule has 0 heterocycles. The number of aryl methyl sites for hydroxylation is 1. The zero-order valence-corrected chi connectivity index (χ0v) is 15.4. The van der Waals surface area contributed by atoms with Crippen molar-refractivity contribution in [2.45, 2.75) is 20.0 Å². The van der Waals surface area contributed by atoms with Crippen molar-refractivity contribution in [2.75, 3.05) is 21.3 Å². The van der Waals surface area contributed by atoms with E-state index in [1.165, 1.54) is 5.56 Å². The fourth-order valence-corrected chi connectivity index (χ4v) is 2.55. The van der Waals surface area contributed by atoms with Crippen molar-refractivity contribution < 1.29 is 9.47 Å². The summed E-state index contributed by atoms with van der Waals surface area (Å²) in [4.78, 5) is 2.01. The number of benzene rings is 2. The fourth-order valence-electron chi connectivity index (χ4n) is 2.41. The minimum absolute atomic E-state index is 0.679. The van der Waals surface area contributed by atoms with E-state index in [1.807, 2.05) is 48.3 Å². The van der Waals surface area contributed by atoms with Crippen molar-refractivity contribution in [3.8, 4) is 11.5 Å². The molecule has 24 heavy (non-hydrogen) atoms. The van der Waals surface area contributed by atoms with Gasteiger partial charge in [0.05, 0.1) is 14.2 Å². The van der Waals surface area contributed by atoms with Crippen LogP contribution in [0.25, 0.3) is 0 Å².